The van der Waals surface area contributed by atoms with Crippen LogP contribution >= 0.6 is 0 Å². The molecule has 0 aromatic carbocycles. The maximum Gasteiger partial charge on any atom is 0.260 e. The van der Waals surface area contributed by atoms with Crippen molar-refractivity contribution in [2.75, 3.05) is 5.32 Å². The molecule has 1 saturated carbocycles. The summed E-state index contributed by atoms with van der Waals surface area (Å²) in [6, 6.07) is 5.13. The zero-order valence-corrected chi connectivity index (χ0v) is 15.0. The molecule has 1 aliphatic rings. The molecule has 0 saturated heterocycles. The van der Waals surface area contributed by atoms with E-state index in [0.717, 1.165) is 25.7 Å². The van der Waals surface area contributed by atoms with Crippen LogP contribution in [0, 0.1) is 17.8 Å². The van der Waals surface area contributed by atoms with Gasteiger partial charge in [0.05, 0.1) is 5.69 Å². The summed E-state index contributed by atoms with van der Waals surface area (Å²) < 4.78 is 0. The summed E-state index contributed by atoms with van der Waals surface area (Å²) in [5.41, 5.74) is 0.465. The number of pyridine rings is 1. The Labute approximate surface area is 152 Å². The molecule has 1 aliphatic carbocycles. The van der Waals surface area contributed by atoms with Crippen molar-refractivity contribution in [1.29, 1.82) is 0 Å². The van der Waals surface area contributed by atoms with E-state index < -0.39 is 11.6 Å². The van der Waals surface area contributed by atoms with E-state index in [-0.39, 0.29) is 23.5 Å². The smallest absolute Gasteiger partial charge is 0.260 e. The van der Waals surface area contributed by atoms with Gasteiger partial charge in [0, 0.05) is 12.1 Å². The van der Waals surface area contributed by atoms with Gasteiger partial charge in [0.25, 0.3) is 5.88 Å². The van der Waals surface area contributed by atoms with Gasteiger partial charge in [0.2, 0.25) is 17.6 Å². The van der Waals surface area contributed by atoms with Crippen LogP contribution < -0.4 is 5.32 Å². The molecule has 3 rings (SSSR count). The van der Waals surface area contributed by atoms with E-state index in [1.54, 1.807) is 24.4 Å². The lowest BCUT2D eigenvalue weighted by Crippen LogP contribution is -2.29. The van der Waals surface area contributed by atoms with Crippen molar-refractivity contribution in [3.05, 3.63) is 24.4 Å². The van der Waals surface area contributed by atoms with Crippen LogP contribution in [0.2, 0.25) is 0 Å². The van der Waals surface area contributed by atoms with Crippen LogP contribution in [0.3, 0.4) is 0 Å². The molecule has 3 N–H and O–H groups in total. The Bertz CT molecular complexity index is 772. The van der Waals surface area contributed by atoms with E-state index in [1.165, 1.54) is 0 Å². The Morgan fingerprint density at radius 2 is 1.88 bits per heavy atom. The number of carbonyl (C=O) groups excluding carboxylic acids is 1. The molecule has 0 spiro atoms. The number of nitrogens with one attached hydrogen (secondary N) is 1. The number of carbonyl (C=O) groups is 1. The van der Waals surface area contributed by atoms with Crippen LogP contribution in [0.5, 0.6) is 11.6 Å². The van der Waals surface area contributed by atoms with Crippen LogP contribution in [-0.2, 0) is 4.79 Å². The molecule has 0 unspecified atom stereocenters. The van der Waals surface area contributed by atoms with Crippen molar-refractivity contribution in [3.8, 4) is 23.0 Å². The molecule has 138 valence electrons. The molecule has 26 heavy (non-hydrogen) atoms. The quantitative estimate of drug-likeness (QED) is 0.775. The normalized spacial score (nSPS) is 20.1. The van der Waals surface area contributed by atoms with Crippen molar-refractivity contribution in [1.82, 2.24) is 15.0 Å². The van der Waals surface area contributed by atoms with E-state index in [1.807, 2.05) is 0 Å². The highest BCUT2D eigenvalue weighted by Gasteiger charge is 2.28. The van der Waals surface area contributed by atoms with Gasteiger partial charge in [-0.1, -0.05) is 19.9 Å². The zero-order valence-electron chi connectivity index (χ0n) is 15.0. The van der Waals surface area contributed by atoms with Gasteiger partial charge in [0.15, 0.2) is 0 Å². The van der Waals surface area contributed by atoms with E-state index in [0.29, 0.717) is 17.5 Å². The summed E-state index contributed by atoms with van der Waals surface area (Å²) in [6.07, 6.45) is 5.31. The highest BCUT2D eigenvalue weighted by molar-refractivity contribution is 5.91. The number of rotatable bonds is 4. The third kappa shape index (κ3) is 3.92. The van der Waals surface area contributed by atoms with Gasteiger partial charge in [-0.2, -0.15) is 4.98 Å². The summed E-state index contributed by atoms with van der Waals surface area (Å²) in [5.74, 6) is 0.00348. The average molecular weight is 356 g/mol. The van der Waals surface area contributed by atoms with Crippen molar-refractivity contribution in [2.24, 2.45) is 17.8 Å². The predicted octanol–water partition coefficient (Wildman–Crippen LogP) is 3.35. The standard InChI is InChI=1S/C19H24N4O3/c1-11(2)12-6-8-13(9-7-12)17(25)22-19-21-15(16(24)18(26)23-19)14-5-3-4-10-20-14/h3-5,10-13,24H,6-9H2,1-2H3,(H2,21,22,23,25,26)/t12-,13-. The van der Waals surface area contributed by atoms with E-state index in [2.05, 4.69) is 34.1 Å². The topological polar surface area (TPSA) is 108 Å². The van der Waals surface area contributed by atoms with Crippen molar-refractivity contribution < 1.29 is 15.0 Å². The van der Waals surface area contributed by atoms with Gasteiger partial charge in [-0.3, -0.25) is 15.1 Å². The van der Waals surface area contributed by atoms with Crippen LogP contribution in [-0.4, -0.2) is 31.1 Å². The summed E-state index contributed by atoms with van der Waals surface area (Å²) in [7, 11) is 0. The average Bonchev–Trinajstić information content (AvgIpc) is 2.65. The Morgan fingerprint density at radius 3 is 2.50 bits per heavy atom. The Balaban J connectivity index is 1.74. The number of amides is 1. The molecule has 1 fully saturated rings. The molecular weight excluding hydrogens is 332 g/mol. The van der Waals surface area contributed by atoms with Gasteiger partial charge in [-0.25, -0.2) is 4.98 Å². The van der Waals surface area contributed by atoms with E-state index in [9.17, 15) is 15.0 Å². The van der Waals surface area contributed by atoms with E-state index in [4.69, 9.17) is 0 Å². The predicted molar refractivity (Wildman–Crippen MR) is 97.5 cm³/mol. The third-order valence-corrected chi connectivity index (χ3v) is 5.09. The molecule has 2 aromatic heterocycles. The third-order valence-electron chi connectivity index (χ3n) is 5.09. The summed E-state index contributed by atoms with van der Waals surface area (Å²) >= 11 is 0. The number of anilines is 1. The van der Waals surface area contributed by atoms with Crippen molar-refractivity contribution >= 4 is 11.9 Å². The van der Waals surface area contributed by atoms with Crippen LogP contribution in [0.15, 0.2) is 24.4 Å². The number of aromatic hydroxyl groups is 2. The molecule has 2 aromatic rings. The second-order valence-corrected chi connectivity index (χ2v) is 7.13. The lowest BCUT2D eigenvalue weighted by molar-refractivity contribution is -0.121. The highest BCUT2D eigenvalue weighted by atomic mass is 16.3. The fraction of sp³-hybridized carbons (Fsp3) is 0.474. The number of hydrogen-bond acceptors (Lipinski definition) is 6. The van der Waals surface area contributed by atoms with Crippen LogP contribution in [0.25, 0.3) is 11.4 Å². The molecule has 7 heteroatoms. The lowest BCUT2D eigenvalue weighted by atomic mass is 9.77. The Hall–Kier alpha value is -2.70. The summed E-state index contributed by atoms with van der Waals surface area (Å²) in [5, 5.41) is 22.6. The second-order valence-electron chi connectivity index (χ2n) is 7.13. The monoisotopic (exact) mass is 356 g/mol. The number of nitrogens with zero attached hydrogens (tertiary/aromatic N) is 3. The lowest BCUT2D eigenvalue weighted by Gasteiger charge is -2.29. The SMILES string of the molecule is CC(C)[C@H]1CC[C@H](C(=O)Nc2nc(O)c(O)c(-c3ccccn3)n2)CC1. The number of aromatic nitrogens is 3. The summed E-state index contributed by atoms with van der Waals surface area (Å²) in [6.45, 7) is 4.44. The Kier molecular flexibility index (Phi) is 5.35. The molecule has 7 nitrogen and oxygen atoms in total. The first-order valence-corrected chi connectivity index (χ1v) is 8.98. The zero-order chi connectivity index (χ0) is 18.7. The fourth-order valence-electron chi connectivity index (χ4n) is 3.44. The molecule has 2 heterocycles. The van der Waals surface area contributed by atoms with E-state index >= 15 is 0 Å². The van der Waals surface area contributed by atoms with Crippen molar-refractivity contribution in [2.45, 2.75) is 39.5 Å². The van der Waals surface area contributed by atoms with Crippen LogP contribution in [0.4, 0.5) is 5.95 Å². The van der Waals surface area contributed by atoms with Crippen LogP contribution in [0.1, 0.15) is 39.5 Å². The molecule has 0 bridgehead atoms. The summed E-state index contributed by atoms with van der Waals surface area (Å²) in [4.78, 5) is 24.6. The second kappa shape index (κ2) is 7.68. The van der Waals surface area contributed by atoms with Crippen molar-refractivity contribution in [3.63, 3.8) is 0 Å². The minimum absolute atomic E-state index is 0.0306. The van der Waals surface area contributed by atoms with Gasteiger partial charge in [-0.15, -0.1) is 0 Å². The fourth-order valence-corrected chi connectivity index (χ4v) is 3.44. The highest BCUT2D eigenvalue weighted by Crippen LogP contribution is 2.35. The largest absolute Gasteiger partial charge is 0.502 e. The molecule has 1 amide bonds. The number of hydrogen-bond donors (Lipinski definition) is 3. The first-order valence-electron chi connectivity index (χ1n) is 8.98. The van der Waals surface area contributed by atoms with Gasteiger partial charge >= 0.3 is 0 Å². The van der Waals surface area contributed by atoms with Gasteiger partial charge in [-0.05, 0) is 49.7 Å². The minimum Gasteiger partial charge on any atom is -0.502 e. The molecule has 0 aliphatic heterocycles. The molecular formula is C19H24N4O3. The Morgan fingerprint density at radius 1 is 1.15 bits per heavy atom. The van der Waals surface area contributed by atoms with Gasteiger partial charge in [0.1, 0.15) is 5.69 Å². The van der Waals surface area contributed by atoms with Gasteiger partial charge < -0.3 is 10.2 Å². The maximum absolute atomic E-state index is 12.5. The first-order chi connectivity index (χ1) is 12.5. The molecule has 0 radical (unpaired) electrons. The molecule has 0 atom stereocenters. The minimum atomic E-state index is -0.584. The first kappa shape index (κ1) is 18.1. The maximum atomic E-state index is 12.5.